The number of aromatic nitrogens is 2. The zero-order valence-electron chi connectivity index (χ0n) is 10.9. The van der Waals surface area contributed by atoms with Crippen LogP contribution < -0.4 is 0 Å². The van der Waals surface area contributed by atoms with Crippen molar-refractivity contribution >= 4 is 0 Å². The SMILES string of the molecule is CCc1c[nH]c(CCc2cccc(C)c2C)n1. The molecule has 0 fully saturated rings. The van der Waals surface area contributed by atoms with Crippen LogP contribution in [0.2, 0.25) is 0 Å². The number of aromatic amines is 1. The first kappa shape index (κ1) is 11.9. The van der Waals surface area contributed by atoms with Crippen molar-refractivity contribution in [2.75, 3.05) is 0 Å². The van der Waals surface area contributed by atoms with Crippen LogP contribution in [0, 0.1) is 13.8 Å². The highest BCUT2D eigenvalue weighted by atomic mass is 14.9. The molecule has 0 radical (unpaired) electrons. The predicted molar refractivity (Wildman–Crippen MR) is 71.3 cm³/mol. The van der Waals surface area contributed by atoms with Gasteiger partial charge in [-0.05, 0) is 43.4 Å². The van der Waals surface area contributed by atoms with Crippen molar-refractivity contribution in [3.8, 4) is 0 Å². The summed E-state index contributed by atoms with van der Waals surface area (Å²) < 4.78 is 0. The summed E-state index contributed by atoms with van der Waals surface area (Å²) >= 11 is 0. The van der Waals surface area contributed by atoms with E-state index in [1.807, 2.05) is 6.20 Å². The Bertz CT molecular complexity index is 497. The van der Waals surface area contributed by atoms with Gasteiger partial charge in [0.2, 0.25) is 0 Å². The Morgan fingerprint density at radius 1 is 1.18 bits per heavy atom. The Morgan fingerprint density at radius 3 is 2.71 bits per heavy atom. The van der Waals surface area contributed by atoms with Gasteiger partial charge in [0.15, 0.2) is 0 Å². The average molecular weight is 228 g/mol. The van der Waals surface area contributed by atoms with Gasteiger partial charge in [0, 0.05) is 12.6 Å². The number of hydrogen-bond acceptors (Lipinski definition) is 1. The minimum Gasteiger partial charge on any atom is -0.348 e. The first-order chi connectivity index (χ1) is 8.20. The van der Waals surface area contributed by atoms with Gasteiger partial charge in [-0.2, -0.15) is 0 Å². The maximum atomic E-state index is 4.54. The number of imidazole rings is 1. The Morgan fingerprint density at radius 2 is 2.00 bits per heavy atom. The van der Waals surface area contributed by atoms with E-state index in [9.17, 15) is 0 Å². The maximum absolute atomic E-state index is 4.54. The Hall–Kier alpha value is -1.57. The van der Waals surface area contributed by atoms with E-state index in [0.29, 0.717) is 0 Å². The van der Waals surface area contributed by atoms with Crippen molar-refractivity contribution in [1.82, 2.24) is 9.97 Å². The molecule has 0 amide bonds. The molecule has 1 N–H and O–H groups in total. The van der Waals surface area contributed by atoms with Crippen LogP contribution in [0.1, 0.15) is 35.1 Å². The highest BCUT2D eigenvalue weighted by molar-refractivity contribution is 5.33. The molecule has 17 heavy (non-hydrogen) atoms. The summed E-state index contributed by atoms with van der Waals surface area (Å²) in [7, 11) is 0. The normalized spacial score (nSPS) is 10.8. The molecule has 0 aliphatic rings. The molecule has 0 spiro atoms. The highest BCUT2D eigenvalue weighted by Crippen LogP contribution is 2.14. The van der Waals surface area contributed by atoms with Crippen molar-refractivity contribution in [3.05, 3.63) is 52.6 Å². The van der Waals surface area contributed by atoms with E-state index >= 15 is 0 Å². The molecule has 0 atom stereocenters. The number of rotatable bonds is 4. The zero-order valence-corrected chi connectivity index (χ0v) is 10.9. The number of hydrogen-bond donors (Lipinski definition) is 1. The van der Waals surface area contributed by atoms with Crippen LogP contribution in [0.15, 0.2) is 24.4 Å². The van der Waals surface area contributed by atoms with Gasteiger partial charge in [-0.25, -0.2) is 4.98 Å². The van der Waals surface area contributed by atoms with Crippen LogP contribution in [0.5, 0.6) is 0 Å². The topological polar surface area (TPSA) is 28.7 Å². The lowest BCUT2D eigenvalue weighted by atomic mass is 10.00. The first-order valence-electron chi connectivity index (χ1n) is 6.29. The second kappa shape index (κ2) is 5.17. The summed E-state index contributed by atoms with van der Waals surface area (Å²) in [5.74, 6) is 1.10. The van der Waals surface area contributed by atoms with E-state index < -0.39 is 0 Å². The fourth-order valence-electron chi connectivity index (χ4n) is 2.05. The standard InChI is InChI=1S/C15H20N2/c1-4-14-10-16-15(17-14)9-8-13-7-5-6-11(2)12(13)3/h5-7,10H,4,8-9H2,1-3H3,(H,16,17). The van der Waals surface area contributed by atoms with Gasteiger partial charge in [0.1, 0.15) is 5.82 Å². The Labute approximate surface area is 103 Å². The highest BCUT2D eigenvalue weighted by Gasteiger charge is 2.03. The fraction of sp³-hybridized carbons (Fsp3) is 0.400. The van der Waals surface area contributed by atoms with E-state index in [4.69, 9.17) is 0 Å². The molecule has 1 aromatic carbocycles. The van der Waals surface area contributed by atoms with E-state index in [1.54, 1.807) is 0 Å². The zero-order chi connectivity index (χ0) is 12.3. The Kier molecular flexibility index (Phi) is 3.62. The van der Waals surface area contributed by atoms with Crippen molar-refractivity contribution < 1.29 is 0 Å². The van der Waals surface area contributed by atoms with Crippen LogP contribution in [-0.2, 0) is 19.3 Å². The number of H-pyrrole nitrogens is 1. The molecule has 90 valence electrons. The van der Waals surface area contributed by atoms with Crippen LogP contribution >= 0.6 is 0 Å². The van der Waals surface area contributed by atoms with E-state index in [-0.39, 0.29) is 0 Å². The summed E-state index contributed by atoms with van der Waals surface area (Å²) in [5.41, 5.74) is 5.37. The van der Waals surface area contributed by atoms with Crippen LogP contribution in [0.3, 0.4) is 0 Å². The molecule has 1 heterocycles. The molecule has 2 heteroatoms. The summed E-state index contributed by atoms with van der Waals surface area (Å²) in [4.78, 5) is 7.79. The lowest BCUT2D eigenvalue weighted by Gasteiger charge is -2.07. The van der Waals surface area contributed by atoms with Gasteiger partial charge in [-0.1, -0.05) is 25.1 Å². The third kappa shape index (κ3) is 2.76. The largest absolute Gasteiger partial charge is 0.348 e. The molecule has 2 aromatic rings. The van der Waals surface area contributed by atoms with Crippen molar-refractivity contribution in [2.24, 2.45) is 0 Å². The molecular formula is C15H20N2. The van der Waals surface area contributed by atoms with Crippen molar-refractivity contribution in [3.63, 3.8) is 0 Å². The maximum Gasteiger partial charge on any atom is 0.106 e. The van der Waals surface area contributed by atoms with Gasteiger partial charge in [-0.3, -0.25) is 0 Å². The monoisotopic (exact) mass is 228 g/mol. The molecule has 0 saturated heterocycles. The van der Waals surface area contributed by atoms with Crippen LogP contribution in [0.4, 0.5) is 0 Å². The lowest BCUT2D eigenvalue weighted by Crippen LogP contribution is -1.97. The molecule has 0 aliphatic heterocycles. The fourth-order valence-corrected chi connectivity index (χ4v) is 2.05. The lowest BCUT2D eigenvalue weighted by molar-refractivity contribution is 0.868. The molecule has 0 saturated carbocycles. The second-order valence-corrected chi connectivity index (χ2v) is 4.55. The third-order valence-electron chi connectivity index (χ3n) is 3.39. The number of nitrogens with one attached hydrogen (secondary N) is 1. The van der Waals surface area contributed by atoms with Gasteiger partial charge in [0.25, 0.3) is 0 Å². The number of benzene rings is 1. The summed E-state index contributed by atoms with van der Waals surface area (Å²) in [6, 6.07) is 6.52. The number of nitrogens with zero attached hydrogens (tertiary/aromatic N) is 1. The quantitative estimate of drug-likeness (QED) is 0.854. The molecule has 0 aliphatic carbocycles. The van der Waals surface area contributed by atoms with Gasteiger partial charge >= 0.3 is 0 Å². The van der Waals surface area contributed by atoms with E-state index in [0.717, 1.165) is 30.8 Å². The number of aryl methyl sites for hydroxylation is 4. The molecule has 0 bridgehead atoms. The predicted octanol–water partition coefficient (Wildman–Crippen LogP) is 3.37. The molecule has 2 nitrogen and oxygen atoms in total. The summed E-state index contributed by atoms with van der Waals surface area (Å²) in [6.07, 6.45) is 5.06. The van der Waals surface area contributed by atoms with Gasteiger partial charge in [0.05, 0.1) is 5.69 Å². The molecular weight excluding hydrogens is 208 g/mol. The van der Waals surface area contributed by atoms with E-state index in [1.165, 1.54) is 16.7 Å². The van der Waals surface area contributed by atoms with Gasteiger partial charge < -0.3 is 4.98 Å². The minimum atomic E-state index is 0.990. The minimum absolute atomic E-state index is 0.990. The van der Waals surface area contributed by atoms with Crippen molar-refractivity contribution in [1.29, 1.82) is 0 Å². The van der Waals surface area contributed by atoms with E-state index in [2.05, 4.69) is 48.9 Å². The summed E-state index contributed by atoms with van der Waals surface area (Å²) in [5, 5.41) is 0. The molecule has 1 aromatic heterocycles. The first-order valence-corrected chi connectivity index (χ1v) is 6.29. The van der Waals surface area contributed by atoms with Crippen molar-refractivity contribution in [2.45, 2.75) is 40.0 Å². The second-order valence-electron chi connectivity index (χ2n) is 4.55. The van der Waals surface area contributed by atoms with Gasteiger partial charge in [-0.15, -0.1) is 0 Å². The Balaban J connectivity index is 2.04. The molecule has 0 unspecified atom stereocenters. The average Bonchev–Trinajstić information content (AvgIpc) is 2.79. The smallest absolute Gasteiger partial charge is 0.106 e. The summed E-state index contributed by atoms with van der Waals surface area (Å²) in [6.45, 7) is 6.50. The van der Waals surface area contributed by atoms with Crippen LogP contribution in [0.25, 0.3) is 0 Å². The molecule has 2 rings (SSSR count). The van der Waals surface area contributed by atoms with Crippen LogP contribution in [-0.4, -0.2) is 9.97 Å². The third-order valence-corrected chi connectivity index (χ3v) is 3.39.